The zero-order chi connectivity index (χ0) is 16.9. The molecule has 1 fully saturated rings. The lowest BCUT2D eigenvalue weighted by atomic mass is 10.0. The second-order valence-electron chi connectivity index (χ2n) is 6.02. The van der Waals surface area contributed by atoms with Gasteiger partial charge in [0.2, 0.25) is 5.88 Å². The number of carbonyl (C=O) groups excluding carboxylic acids is 1. The molecule has 2 aromatic rings. The van der Waals surface area contributed by atoms with Crippen LogP contribution in [-0.2, 0) is 0 Å². The van der Waals surface area contributed by atoms with E-state index in [2.05, 4.69) is 4.98 Å². The SMILES string of the molecule is COc1ncccc1C(=O)N1CCC[C@@H]1C[C@@H](O)c1ccccc1. The van der Waals surface area contributed by atoms with Crippen molar-refractivity contribution in [2.24, 2.45) is 0 Å². The van der Waals surface area contributed by atoms with E-state index in [0.717, 1.165) is 18.4 Å². The Kier molecular flexibility index (Phi) is 5.11. The summed E-state index contributed by atoms with van der Waals surface area (Å²) in [5.41, 5.74) is 1.36. The van der Waals surface area contributed by atoms with Crippen molar-refractivity contribution in [3.8, 4) is 5.88 Å². The fourth-order valence-electron chi connectivity index (χ4n) is 3.29. The molecule has 1 aromatic heterocycles. The number of hydrogen-bond acceptors (Lipinski definition) is 4. The van der Waals surface area contributed by atoms with E-state index >= 15 is 0 Å². The monoisotopic (exact) mass is 326 g/mol. The van der Waals surface area contributed by atoms with Crippen LogP contribution in [0.15, 0.2) is 48.7 Å². The standard InChI is InChI=1S/C19H22N2O3/c1-24-18-16(10-5-11-20-18)19(23)21-12-6-9-15(21)13-17(22)14-7-3-2-4-8-14/h2-5,7-8,10-11,15,17,22H,6,9,12-13H2,1H3/t15-,17-/m1/s1. The summed E-state index contributed by atoms with van der Waals surface area (Å²) in [4.78, 5) is 18.8. The first-order valence-corrected chi connectivity index (χ1v) is 8.23. The Morgan fingerprint density at radius 3 is 2.88 bits per heavy atom. The van der Waals surface area contributed by atoms with Gasteiger partial charge in [-0.2, -0.15) is 0 Å². The highest BCUT2D eigenvalue weighted by Crippen LogP contribution is 2.29. The van der Waals surface area contributed by atoms with Gasteiger partial charge in [-0.1, -0.05) is 30.3 Å². The molecule has 0 spiro atoms. The summed E-state index contributed by atoms with van der Waals surface area (Å²) in [5, 5.41) is 10.5. The van der Waals surface area contributed by atoms with Gasteiger partial charge in [0.1, 0.15) is 5.56 Å². The van der Waals surface area contributed by atoms with Crippen molar-refractivity contribution < 1.29 is 14.6 Å². The third-order valence-corrected chi connectivity index (χ3v) is 4.51. The molecule has 0 bridgehead atoms. The smallest absolute Gasteiger partial charge is 0.259 e. The minimum atomic E-state index is -0.569. The Morgan fingerprint density at radius 1 is 1.33 bits per heavy atom. The Labute approximate surface area is 141 Å². The number of benzene rings is 1. The fraction of sp³-hybridized carbons (Fsp3) is 0.368. The number of amides is 1. The third-order valence-electron chi connectivity index (χ3n) is 4.51. The van der Waals surface area contributed by atoms with E-state index in [-0.39, 0.29) is 11.9 Å². The molecule has 0 unspecified atom stereocenters. The van der Waals surface area contributed by atoms with Crippen LogP contribution in [0.25, 0.3) is 0 Å². The number of carbonyl (C=O) groups is 1. The Bertz CT molecular complexity index is 690. The number of nitrogens with zero attached hydrogens (tertiary/aromatic N) is 2. The predicted octanol–water partition coefficient (Wildman–Crippen LogP) is 2.82. The van der Waals surface area contributed by atoms with Gasteiger partial charge in [-0.3, -0.25) is 4.79 Å². The normalized spacial score (nSPS) is 18.4. The van der Waals surface area contributed by atoms with Crippen molar-refractivity contribution >= 4 is 5.91 Å². The van der Waals surface area contributed by atoms with Gasteiger partial charge in [-0.05, 0) is 37.0 Å². The Hall–Kier alpha value is -2.40. The van der Waals surface area contributed by atoms with Gasteiger partial charge in [0.15, 0.2) is 0 Å². The van der Waals surface area contributed by atoms with Crippen molar-refractivity contribution in [1.29, 1.82) is 0 Å². The van der Waals surface area contributed by atoms with E-state index in [1.807, 2.05) is 35.2 Å². The number of ether oxygens (including phenoxy) is 1. The molecule has 5 nitrogen and oxygen atoms in total. The number of pyridine rings is 1. The summed E-state index contributed by atoms with van der Waals surface area (Å²) in [7, 11) is 1.51. The van der Waals surface area contributed by atoms with Gasteiger partial charge < -0.3 is 14.7 Å². The molecule has 1 amide bonds. The Balaban J connectivity index is 1.74. The molecule has 1 saturated heterocycles. The molecule has 1 N–H and O–H groups in total. The van der Waals surface area contributed by atoms with E-state index < -0.39 is 6.10 Å². The maximum absolute atomic E-state index is 12.9. The van der Waals surface area contributed by atoms with Gasteiger partial charge in [0.25, 0.3) is 5.91 Å². The maximum Gasteiger partial charge on any atom is 0.259 e. The Morgan fingerprint density at radius 2 is 2.12 bits per heavy atom. The predicted molar refractivity (Wildman–Crippen MR) is 90.9 cm³/mol. The summed E-state index contributed by atoms with van der Waals surface area (Å²) < 4.78 is 5.20. The molecule has 126 valence electrons. The first-order chi connectivity index (χ1) is 11.7. The van der Waals surface area contributed by atoms with E-state index in [0.29, 0.717) is 24.4 Å². The molecule has 1 aromatic carbocycles. The van der Waals surface area contributed by atoms with Crippen LogP contribution >= 0.6 is 0 Å². The second kappa shape index (κ2) is 7.45. The van der Waals surface area contributed by atoms with Crippen molar-refractivity contribution in [2.45, 2.75) is 31.4 Å². The second-order valence-corrected chi connectivity index (χ2v) is 6.02. The highest BCUT2D eigenvalue weighted by molar-refractivity contribution is 5.96. The number of aromatic nitrogens is 1. The van der Waals surface area contributed by atoms with Crippen LogP contribution in [0, 0.1) is 0 Å². The molecule has 1 aliphatic rings. The zero-order valence-electron chi connectivity index (χ0n) is 13.8. The summed E-state index contributed by atoms with van der Waals surface area (Å²) >= 11 is 0. The van der Waals surface area contributed by atoms with Crippen LogP contribution in [0.2, 0.25) is 0 Å². The molecule has 2 heterocycles. The third kappa shape index (κ3) is 3.41. The summed E-state index contributed by atoms with van der Waals surface area (Å²) in [6, 6.07) is 13.1. The van der Waals surface area contributed by atoms with Gasteiger partial charge in [-0.25, -0.2) is 4.98 Å². The molecule has 3 rings (SSSR count). The molecule has 5 heteroatoms. The topological polar surface area (TPSA) is 62.7 Å². The molecule has 24 heavy (non-hydrogen) atoms. The van der Waals surface area contributed by atoms with Crippen LogP contribution in [0.1, 0.15) is 41.3 Å². The van der Waals surface area contributed by atoms with Crippen LogP contribution < -0.4 is 4.74 Å². The number of likely N-dealkylation sites (tertiary alicyclic amines) is 1. The van der Waals surface area contributed by atoms with Crippen molar-refractivity contribution in [2.75, 3.05) is 13.7 Å². The lowest BCUT2D eigenvalue weighted by Gasteiger charge is -2.27. The van der Waals surface area contributed by atoms with Crippen LogP contribution in [0.5, 0.6) is 5.88 Å². The first kappa shape index (κ1) is 16.5. The number of aliphatic hydroxyl groups excluding tert-OH is 1. The lowest BCUT2D eigenvalue weighted by Crippen LogP contribution is -2.36. The molecule has 2 atom stereocenters. The maximum atomic E-state index is 12.9. The molecule has 0 aliphatic carbocycles. The first-order valence-electron chi connectivity index (χ1n) is 8.23. The van der Waals surface area contributed by atoms with E-state index in [9.17, 15) is 9.90 Å². The van der Waals surface area contributed by atoms with E-state index in [1.165, 1.54) is 7.11 Å². The minimum absolute atomic E-state index is 0.0256. The van der Waals surface area contributed by atoms with E-state index in [4.69, 9.17) is 4.74 Å². The van der Waals surface area contributed by atoms with Crippen molar-refractivity contribution in [1.82, 2.24) is 9.88 Å². The van der Waals surface area contributed by atoms with Gasteiger partial charge in [0, 0.05) is 18.8 Å². The van der Waals surface area contributed by atoms with Gasteiger partial charge >= 0.3 is 0 Å². The number of rotatable bonds is 5. The van der Waals surface area contributed by atoms with Crippen molar-refractivity contribution in [3.63, 3.8) is 0 Å². The number of methoxy groups -OCH3 is 1. The van der Waals surface area contributed by atoms with Crippen molar-refractivity contribution in [3.05, 3.63) is 59.8 Å². The van der Waals surface area contributed by atoms with E-state index in [1.54, 1.807) is 18.3 Å². The molecular weight excluding hydrogens is 304 g/mol. The number of hydrogen-bond donors (Lipinski definition) is 1. The molecule has 0 radical (unpaired) electrons. The molecule has 0 saturated carbocycles. The van der Waals surface area contributed by atoms with Crippen LogP contribution in [-0.4, -0.2) is 40.6 Å². The zero-order valence-corrected chi connectivity index (χ0v) is 13.8. The minimum Gasteiger partial charge on any atom is -0.480 e. The fourth-order valence-corrected chi connectivity index (χ4v) is 3.29. The summed E-state index contributed by atoms with van der Waals surface area (Å²) in [6.07, 6.45) is 3.42. The quantitative estimate of drug-likeness (QED) is 0.918. The summed E-state index contributed by atoms with van der Waals surface area (Å²) in [5.74, 6) is 0.263. The summed E-state index contributed by atoms with van der Waals surface area (Å²) in [6.45, 7) is 0.697. The van der Waals surface area contributed by atoms with Crippen LogP contribution in [0.3, 0.4) is 0 Å². The highest BCUT2D eigenvalue weighted by Gasteiger charge is 2.32. The average molecular weight is 326 g/mol. The molecular formula is C19H22N2O3. The van der Waals surface area contributed by atoms with Gasteiger partial charge in [0.05, 0.1) is 13.2 Å². The molecule has 1 aliphatic heterocycles. The largest absolute Gasteiger partial charge is 0.480 e. The number of aliphatic hydroxyl groups is 1. The van der Waals surface area contributed by atoms with Crippen LogP contribution in [0.4, 0.5) is 0 Å². The highest BCUT2D eigenvalue weighted by atomic mass is 16.5. The lowest BCUT2D eigenvalue weighted by molar-refractivity contribution is 0.0663. The average Bonchev–Trinajstić information content (AvgIpc) is 3.09. The van der Waals surface area contributed by atoms with Gasteiger partial charge in [-0.15, -0.1) is 0 Å².